The standard InChI is InChI=1S/C35H75I2OP2/c1-6-9-12-14-16-18-20-22-24-26-28-30-32-36-40(38,35-39(4,5)34-11-8-3)37-33-31-29-27-25-23-21-19-17-15-13-10-7-2/h6-35H2,1-5H3/q-1. The van der Waals surface area contributed by atoms with Crippen LogP contribution in [0.1, 0.15) is 188 Å². The van der Waals surface area contributed by atoms with Crippen molar-refractivity contribution in [1.82, 2.24) is 0 Å². The SMILES string of the molecule is CCCCCCCCCCCCCC[I-]P(=O)(C[P+](C)(C)CCCC)[I-]CCCCCCCCCCCCCC. The van der Waals surface area contributed by atoms with Crippen LogP contribution in [0.3, 0.4) is 0 Å². The van der Waals surface area contributed by atoms with Crippen LogP contribution in [0, 0.1) is 0 Å². The molecule has 0 aliphatic rings. The van der Waals surface area contributed by atoms with E-state index in [1.165, 1.54) is 188 Å². The zero-order valence-corrected chi connectivity index (χ0v) is 34.4. The Kier molecular flexibility index (Phi) is 32.8. The normalized spacial score (nSPS) is 12.6. The maximum absolute atomic E-state index is 14.3. The molecule has 40 heavy (non-hydrogen) atoms. The molecule has 0 aliphatic heterocycles. The molecule has 0 radical (unpaired) electrons. The molecule has 0 fully saturated rings. The molecule has 0 N–H and O–H groups in total. The number of unbranched alkanes of at least 4 members (excludes halogenated alkanes) is 23. The Morgan fingerprint density at radius 3 is 1.00 bits per heavy atom. The summed E-state index contributed by atoms with van der Waals surface area (Å²) >= 11 is -0.114. The summed E-state index contributed by atoms with van der Waals surface area (Å²) in [4.78, 5) is 0. The van der Waals surface area contributed by atoms with Crippen LogP contribution in [0.5, 0.6) is 0 Å². The molecule has 1 nitrogen and oxygen atoms in total. The van der Waals surface area contributed by atoms with E-state index in [4.69, 9.17) is 0 Å². The van der Waals surface area contributed by atoms with Crippen molar-refractivity contribution in [1.29, 1.82) is 0 Å². The third kappa shape index (κ3) is 30.2. The van der Waals surface area contributed by atoms with E-state index >= 15 is 0 Å². The summed E-state index contributed by atoms with van der Waals surface area (Å²) in [7, 11) is -0.962. The first-order valence-corrected chi connectivity index (χ1v) is 31.6. The van der Waals surface area contributed by atoms with Crippen LogP contribution in [0.2, 0.25) is 0 Å². The number of hydrogen-bond donors (Lipinski definition) is 0. The van der Waals surface area contributed by atoms with E-state index in [0.717, 1.165) is 0 Å². The van der Waals surface area contributed by atoms with Gasteiger partial charge in [-0.2, -0.15) is 0 Å². The third-order valence-corrected chi connectivity index (χ3v) is 41.5. The van der Waals surface area contributed by atoms with E-state index < -0.39 is 9.69 Å². The molecule has 0 bridgehead atoms. The minimum Gasteiger partial charge on any atom is -0.0654 e. The first-order chi connectivity index (χ1) is 19.4. The van der Waals surface area contributed by atoms with Gasteiger partial charge in [0.15, 0.2) is 0 Å². The summed E-state index contributed by atoms with van der Waals surface area (Å²) in [6.07, 6.45) is 38.3. The van der Waals surface area contributed by atoms with Gasteiger partial charge in [0.25, 0.3) is 0 Å². The number of rotatable bonds is 33. The molecule has 5 heteroatoms. The first-order valence-electron chi connectivity index (χ1n) is 18.0. The number of alkyl halides is 2. The fraction of sp³-hybridized carbons (Fsp3) is 1.00. The zero-order valence-electron chi connectivity index (χ0n) is 28.3. The van der Waals surface area contributed by atoms with E-state index in [0.29, 0.717) is 0 Å². The Hall–Kier alpha value is 2.12. The van der Waals surface area contributed by atoms with Gasteiger partial charge < -0.3 is 0 Å². The van der Waals surface area contributed by atoms with E-state index in [1.54, 1.807) is 0 Å². The summed E-state index contributed by atoms with van der Waals surface area (Å²) in [5.41, 5.74) is 0. The summed E-state index contributed by atoms with van der Waals surface area (Å²) in [5.74, 6) is 1.21. The fourth-order valence-corrected chi connectivity index (χ4v) is 49.9. The zero-order chi connectivity index (χ0) is 29.6. The Labute approximate surface area is 275 Å². The van der Waals surface area contributed by atoms with Crippen LogP contribution in [0.25, 0.3) is 0 Å². The summed E-state index contributed by atoms with van der Waals surface area (Å²) in [6, 6.07) is 0. The van der Waals surface area contributed by atoms with Crippen LogP contribution < -0.4 is 41.3 Å². The molecule has 246 valence electrons. The van der Waals surface area contributed by atoms with Crippen LogP contribution in [0.4, 0.5) is 0 Å². The molecule has 0 saturated heterocycles. The molecule has 0 spiro atoms. The van der Waals surface area contributed by atoms with Gasteiger partial charge in [-0.25, -0.2) is 0 Å². The molecule has 0 atom stereocenters. The van der Waals surface area contributed by atoms with Crippen molar-refractivity contribution in [3.63, 3.8) is 0 Å². The van der Waals surface area contributed by atoms with Crippen molar-refractivity contribution in [2.24, 2.45) is 0 Å². The molecule has 0 rings (SSSR count). The van der Waals surface area contributed by atoms with Gasteiger partial charge in [-0.3, -0.25) is 0 Å². The molecule has 0 amide bonds. The number of halogens is 2. The van der Waals surface area contributed by atoms with Gasteiger partial charge in [0.05, 0.1) is 0 Å². The Balaban J connectivity index is 4.09. The second-order valence-corrected chi connectivity index (χ2v) is 41.3. The minimum atomic E-state index is -1.78. The van der Waals surface area contributed by atoms with Crippen molar-refractivity contribution in [2.45, 2.75) is 188 Å². The predicted octanol–water partition coefficient (Wildman–Crippen LogP) is 7.79. The Morgan fingerprint density at radius 2 is 0.700 bits per heavy atom. The summed E-state index contributed by atoms with van der Waals surface area (Å²) in [5, 5.41) is 0. The molecule has 0 heterocycles. The van der Waals surface area contributed by atoms with Crippen molar-refractivity contribution >= 4 is 9.69 Å². The van der Waals surface area contributed by atoms with Crippen LogP contribution in [-0.4, -0.2) is 34.2 Å². The monoisotopic (exact) mass is 827 g/mol. The summed E-state index contributed by atoms with van der Waals surface area (Å²) in [6.45, 7) is 12.0. The van der Waals surface area contributed by atoms with Crippen molar-refractivity contribution < 1.29 is 45.9 Å². The van der Waals surface area contributed by atoms with Crippen LogP contribution >= 0.6 is 9.69 Å². The second-order valence-electron chi connectivity index (χ2n) is 13.1. The smallest absolute Gasteiger partial charge is 0.0654 e. The topological polar surface area (TPSA) is 17.1 Å². The third-order valence-electron chi connectivity index (χ3n) is 8.16. The van der Waals surface area contributed by atoms with Crippen LogP contribution in [0.15, 0.2) is 0 Å². The van der Waals surface area contributed by atoms with Gasteiger partial charge in [0.2, 0.25) is 0 Å². The van der Waals surface area contributed by atoms with Gasteiger partial charge in [-0.1, -0.05) is 26.7 Å². The van der Waals surface area contributed by atoms with Gasteiger partial charge in [0, 0.05) is 0 Å². The molecule has 0 aromatic rings. The van der Waals surface area contributed by atoms with Gasteiger partial charge >= 0.3 is 251 Å². The molecular formula is C35H75I2OP2-. The van der Waals surface area contributed by atoms with Crippen molar-refractivity contribution in [3.05, 3.63) is 0 Å². The average molecular weight is 828 g/mol. The van der Waals surface area contributed by atoms with Crippen LogP contribution in [-0.2, 0) is 4.57 Å². The Morgan fingerprint density at radius 1 is 0.425 bits per heavy atom. The van der Waals surface area contributed by atoms with E-state index in [2.05, 4.69) is 34.1 Å². The van der Waals surface area contributed by atoms with E-state index in [-0.39, 0.29) is 41.3 Å². The molecule has 0 aromatic carbocycles. The quantitative estimate of drug-likeness (QED) is 0.0286. The second kappa shape index (κ2) is 31.1. The molecule has 0 aliphatic carbocycles. The molecule has 0 saturated carbocycles. The van der Waals surface area contributed by atoms with Gasteiger partial charge in [-0.15, -0.1) is 0 Å². The fourth-order valence-electron chi connectivity index (χ4n) is 5.45. The Bertz CT molecular complexity index is 522. The summed E-state index contributed by atoms with van der Waals surface area (Å²) < 4.78 is 15.3. The van der Waals surface area contributed by atoms with Crippen molar-refractivity contribution in [3.8, 4) is 0 Å². The maximum atomic E-state index is 14.3. The van der Waals surface area contributed by atoms with Crippen molar-refractivity contribution in [2.75, 3.05) is 34.2 Å². The average Bonchev–Trinajstić information content (AvgIpc) is 2.92. The minimum absolute atomic E-state index is 0.0572. The van der Waals surface area contributed by atoms with Gasteiger partial charge in [0.1, 0.15) is 0 Å². The van der Waals surface area contributed by atoms with E-state index in [1.807, 2.05) is 0 Å². The van der Waals surface area contributed by atoms with E-state index in [9.17, 15) is 4.57 Å². The molecular weight excluding hydrogens is 752 g/mol. The van der Waals surface area contributed by atoms with Gasteiger partial charge in [-0.05, 0) is 0 Å². The number of hydrogen-bond acceptors (Lipinski definition) is 1. The molecule has 0 aromatic heterocycles. The molecule has 0 unspecified atom stereocenters. The first kappa shape index (κ1) is 42.1. The predicted molar refractivity (Wildman–Crippen MR) is 183 cm³/mol.